The molecule has 1 atom stereocenters. The van der Waals surface area contributed by atoms with Crippen LogP contribution in [0.15, 0.2) is 16.5 Å². The molecule has 3 rings (SSSR count). The fraction of sp³-hybridized carbons (Fsp3) is 0.500. The fourth-order valence-corrected chi connectivity index (χ4v) is 2.95. The molecule has 0 spiro atoms. The van der Waals surface area contributed by atoms with Crippen LogP contribution in [-0.4, -0.2) is 38.7 Å². The van der Waals surface area contributed by atoms with E-state index in [0.717, 1.165) is 31.0 Å². The molecule has 3 heterocycles. The molecule has 1 aliphatic heterocycles. The van der Waals surface area contributed by atoms with E-state index < -0.39 is 0 Å². The lowest BCUT2D eigenvalue weighted by Gasteiger charge is -2.32. The molecule has 7 heteroatoms. The molecule has 6 nitrogen and oxygen atoms in total. The largest absolute Gasteiger partial charge is 0.440 e. The van der Waals surface area contributed by atoms with Gasteiger partial charge in [-0.05, 0) is 50.4 Å². The van der Waals surface area contributed by atoms with E-state index in [4.69, 9.17) is 16.0 Å². The Morgan fingerprint density at radius 1 is 1.43 bits per heavy atom. The highest BCUT2D eigenvalue weighted by Crippen LogP contribution is 2.24. The third-order valence-electron chi connectivity index (χ3n) is 3.72. The third kappa shape index (κ3) is 2.81. The van der Waals surface area contributed by atoms with Gasteiger partial charge in [-0.3, -0.25) is 4.79 Å². The number of piperidine rings is 1. The molecular weight excluding hydrogens is 292 g/mol. The molecule has 0 unspecified atom stereocenters. The molecule has 0 saturated carbocycles. The van der Waals surface area contributed by atoms with E-state index in [1.165, 1.54) is 0 Å². The average molecular weight is 309 g/mol. The first kappa shape index (κ1) is 14.1. The third-order valence-corrected chi connectivity index (χ3v) is 3.92. The number of nitrogens with zero attached hydrogens (tertiary/aromatic N) is 4. The van der Waals surface area contributed by atoms with Gasteiger partial charge in [-0.25, -0.2) is 9.67 Å². The van der Waals surface area contributed by atoms with Crippen molar-refractivity contribution in [3.63, 3.8) is 0 Å². The van der Waals surface area contributed by atoms with Gasteiger partial charge in [0.2, 0.25) is 0 Å². The zero-order valence-electron chi connectivity index (χ0n) is 12.0. The van der Waals surface area contributed by atoms with Crippen molar-refractivity contribution in [3.8, 4) is 0 Å². The zero-order valence-corrected chi connectivity index (χ0v) is 12.8. The number of likely N-dealkylation sites (tertiary alicyclic amines) is 1. The Kier molecular flexibility index (Phi) is 3.71. The molecule has 0 N–H and O–H groups in total. The van der Waals surface area contributed by atoms with E-state index in [9.17, 15) is 4.79 Å². The van der Waals surface area contributed by atoms with Crippen LogP contribution >= 0.6 is 11.6 Å². The lowest BCUT2D eigenvalue weighted by atomic mass is 10.1. The first-order valence-corrected chi connectivity index (χ1v) is 7.37. The molecule has 0 bridgehead atoms. The van der Waals surface area contributed by atoms with E-state index in [0.29, 0.717) is 6.54 Å². The van der Waals surface area contributed by atoms with Gasteiger partial charge in [0, 0.05) is 13.1 Å². The van der Waals surface area contributed by atoms with E-state index in [2.05, 4.69) is 10.1 Å². The second kappa shape index (κ2) is 5.52. The predicted molar refractivity (Wildman–Crippen MR) is 77.4 cm³/mol. The minimum absolute atomic E-state index is 0.124. The van der Waals surface area contributed by atoms with Crippen molar-refractivity contribution in [3.05, 3.63) is 34.8 Å². The maximum Gasteiger partial charge on any atom is 0.289 e. The summed E-state index contributed by atoms with van der Waals surface area (Å²) in [5, 5.41) is 4.66. The molecule has 1 aliphatic rings. The minimum atomic E-state index is -0.124. The normalized spacial score (nSPS) is 19.0. The highest BCUT2D eigenvalue weighted by molar-refractivity contribution is 6.29. The van der Waals surface area contributed by atoms with Gasteiger partial charge in [0.25, 0.3) is 5.91 Å². The summed E-state index contributed by atoms with van der Waals surface area (Å²) in [5.74, 6) is 1.80. The summed E-state index contributed by atoms with van der Waals surface area (Å²) in [4.78, 5) is 18.5. The molecule has 1 amide bonds. The van der Waals surface area contributed by atoms with Crippen molar-refractivity contribution in [2.24, 2.45) is 0 Å². The SMILES string of the molecule is Cc1nc(C)n([C@@H]2CCCN(C(=O)c3ccc(Cl)o3)C2)n1. The number of carbonyl (C=O) groups excluding carboxylic acids is 1. The summed E-state index contributed by atoms with van der Waals surface area (Å²) in [6, 6.07) is 3.36. The van der Waals surface area contributed by atoms with Crippen LogP contribution in [0.3, 0.4) is 0 Å². The van der Waals surface area contributed by atoms with Crippen molar-refractivity contribution in [1.82, 2.24) is 19.7 Å². The number of halogens is 1. The lowest BCUT2D eigenvalue weighted by Crippen LogP contribution is -2.41. The van der Waals surface area contributed by atoms with Crippen LogP contribution in [0.4, 0.5) is 0 Å². The second-order valence-corrected chi connectivity index (χ2v) is 5.67. The highest BCUT2D eigenvalue weighted by atomic mass is 35.5. The quantitative estimate of drug-likeness (QED) is 0.855. The molecule has 2 aromatic rings. The van der Waals surface area contributed by atoms with Gasteiger partial charge in [0.15, 0.2) is 11.0 Å². The number of carbonyl (C=O) groups is 1. The van der Waals surface area contributed by atoms with Crippen molar-refractivity contribution in [1.29, 1.82) is 0 Å². The van der Waals surface area contributed by atoms with E-state index in [-0.39, 0.29) is 22.9 Å². The first-order valence-electron chi connectivity index (χ1n) is 6.99. The number of hydrogen-bond acceptors (Lipinski definition) is 4. The number of furan rings is 1. The van der Waals surface area contributed by atoms with Crippen LogP contribution < -0.4 is 0 Å². The van der Waals surface area contributed by atoms with Gasteiger partial charge in [-0.15, -0.1) is 0 Å². The van der Waals surface area contributed by atoms with E-state index >= 15 is 0 Å². The Labute approximate surface area is 127 Å². The van der Waals surface area contributed by atoms with Gasteiger partial charge < -0.3 is 9.32 Å². The molecule has 0 aliphatic carbocycles. The van der Waals surface area contributed by atoms with Crippen LogP contribution in [0.1, 0.15) is 41.1 Å². The minimum Gasteiger partial charge on any atom is -0.440 e. The average Bonchev–Trinajstić information content (AvgIpc) is 3.04. The van der Waals surface area contributed by atoms with Gasteiger partial charge >= 0.3 is 0 Å². The molecule has 0 radical (unpaired) electrons. The predicted octanol–water partition coefficient (Wildman–Crippen LogP) is 2.62. The Morgan fingerprint density at radius 2 is 2.24 bits per heavy atom. The molecule has 0 aromatic carbocycles. The van der Waals surface area contributed by atoms with Crippen LogP contribution in [0.2, 0.25) is 5.22 Å². The van der Waals surface area contributed by atoms with Crippen molar-refractivity contribution < 1.29 is 9.21 Å². The number of aromatic nitrogens is 3. The number of hydrogen-bond donors (Lipinski definition) is 0. The second-order valence-electron chi connectivity index (χ2n) is 5.30. The van der Waals surface area contributed by atoms with Crippen molar-refractivity contribution >= 4 is 17.5 Å². The van der Waals surface area contributed by atoms with Crippen molar-refractivity contribution in [2.75, 3.05) is 13.1 Å². The number of rotatable bonds is 2. The Bertz CT molecular complexity index is 664. The Balaban J connectivity index is 1.77. The van der Waals surface area contributed by atoms with Gasteiger partial charge in [0.1, 0.15) is 11.6 Å². The van der Waals surface area contributed by atoms with Crippen LogP contribution in [-0.2, 0) is 0 Å². The topological polar surface area (TPSA) is 64.2 Å². The summed E-state index contributed by atoms with van der Waals surface area (Å²) in [7, 11) is 0. The summed E-state index contributed by atoms with van der Waals surface area (Å²) in [6.45, 7) is 5.15. The standard InChI is InChI=1S/C14H17ClN4O2/c1-9-16-10(2)19(17-9)11-4-3-7-18(8-11)14(20)12-5-6-13(15)21-12/h5-6,11H,3-4,7-8H2,1-2H3/t11-/m1/s1. The first-order chi connectivity index (χ1) is 10.0. The smallest absolute Gasteiger partial charge is 0.289 e. The maximum atomic E-state index is 12.4. The molecule has 1 fully saturated rings. The summed E-state index contributed by atoms with van der Waals surface area (Å²) < 4.78 is 7.13. The van der Waals surface area contributed by atoms with Crippen LogP contribution in [0, 0.1) is 13.8 Å². The fourth-order valence-electron chi connectivity index (χ4n) is 2.81. The summed E-state index contributed by atoms with van der Waals surface area (Å²) >= 11 is 5.73. The Hall–Kier alpha value is -1.82. The van der Waals surface area contributed by atoms with Gasteiger partial charge in [-0.2, -0.15) is 5.10 Å². The molecule has 2 aromatic heterocycles. The van der Waals surface area contributed by atoms with E-state index in [1.54, 1.807) is 17.0 Å². The van der Waals surface area contributed by atoms with E-state index in [1.807, 2.05) is 18.5 Å². The summed E-state index contributed by atoms with van der Waals surface area (Å²) in [5.41, 5.74) is 0. The lowest BCUT2D eigenvalue weighted by molar-refractivity contribution is 0.0639. The number of aryl methyl sites for hydroxylation is 2. The Morgan fingerprint density at radius 3 is 2.86 bits per heavy atom. The maximum absolute atomic E-state index is 12.4. The number of amides is 1. The van der Waals surface area contributed by atoms with Gasteiger partial charge in [0.05, 0.1) is 6.04 Å². The molecule has 21 heavy (non-hydrogen) atoms. The monoisotopic (exact) mass is 308 g/mol. The van der Waals surface area contributed by atoms with Crippen molar-refractivity contribution in [2.45, 2.75) is 32.7 Å². The van der Waals surface area contributed by atoms with Crippen LogP contribution in [0.5, 0.6) is 0 Å². The highest BCUT2D eigenvalue weighted by Gasteiger charge is 2.28. The molecule has 112 valence electrons. The molecular formula is C14H17ClN4O2. The zero-order chi connectivity index (χ0) is 15.0. The molecule has 1 saturated heterocycles. The van der Waals surface area contributed by atoms with Gasteiger partial charge in [-0.1, -0.05) is 0 Å². The van der Waals surface area contributed by atoms with Crippen LogP contribution in [0.25, 0.3) is 0 Å². The summed E-state index contributed by atoms with van der Waals surface area (Å²) in [6.07, 6.45) is 1.93.